The van der Waals surface area contributed by atoms with E-state index in [4.69, 9.17) is 11.5 Å². The fourth-order valence-electron chi connectivity index (χ4n) is 4.84. The van der Waals surface area contributed by atoms with Gasteiger partial charge in [0.05, 0.1) is 22.3 Å². The Morgan fingerprint density at radius 3 is 2.60 bits per heavy atom. The fraction of sp³-hybridized carbons (Fsp3) is 0.259. The molecule has 2 aromatic heterocycles. The molecule has 0 bridgehead atoms. The lowest BCUT2D eigenvalue weighted by Crippen LogP contribution is -2.42. The second-order valence-corrected chi connectivity index (χ2v) is 8.98. The highest BCUT2D eigenvalue weighted by atomic mass is 16.1. The van der Waals surface area contributed by atoms with Gasteiger partial charge in [-0.15, -0.1) is 0 Å². The summed E-state index contributed by atoms with van der Waals surface area (Å²) >= 11 is 0. The number of carbonyl (C=O) groups excluding carboxylic acids is 1. The number of hydrogen-bond acceptors (Lipinski definition) is 7. The second kappa shape index (κ2) is 9.77. The summed E-state index contributed by atoms with van der Waals surface area (Å²) in [5.74, 6) is 0.226. The van der Waals surface area contributed by atoms with Gasteiger partial charge in [0, 0.05) is 23.8 Å². The number of nitrogens with two attached hydrogens (primary N) is 2. The third kappa shape index (κ3) is 4.71. The van der Waals surface area contributed by atoms with E-state index in [9.17, 15) is 4.79 Å². The number of likely N-dealkylation sites (tertiary alicyclic amines) is 1. The molecule has 5 N–H and O–H groups in total. The molecule has 1 fully saturated rings. The smallest absolute Gasteiger partial charge is 0.250 e. The van der Waals surface area contributed by atoms with E-state index in [1.165, 1.54) is 19.2 Å². The highest BCUT2D eigenvalue weighted by Gasteiger charge is 2.34. The molecule has 1 amide bonds. The van der Waals surface area contributed by atoms with Gasteiger partial charge in [0.25, 0.3) is 5.91 Å². The van der Waals surface area contributed by atoms with E-state index in [0.717, 1.165) is 42.1 Å². The van der Waals surface area contributed by atoms with Crippen LogP contribution >= 0.6 is 0 Å². The van der Waals surface area contributed by atoms with Crippen LogP contribution in [0.1, 0.15) is 40.9 Å². The number of hydrogen-bond donors (Lipinski definition) is 3. The summed E-state index contributed by atoms with van der Waals surface area (Å²) in [6.45, 7) is 3.00. The van der Waals surface area contributed by atoms with Crippen LogP contribution in [0.25, 0.3) is 10.9 Å². The van der Waals surface area contributed by atoms with Gasteiger partial charge in [0.1, 0.15) is 12.1 Å². The zero-order valence-electron chi connectivity index (χ0n) is 19.5. The molecule has 4 aromatic rings. The van der Waals surface area contributed by atoms with E-state index in [-0.39, 0.29) is 0 Å². The molecule has 3 heterocycles. The summed E-state index contributed by atoms with van der Waals surface area (Å²) in [6.07, 6.45) is 6.29. The van der Waals surface area contributed by atoms with Crippen molar-refractivity contribution in [1.82, 2.24) is 19.9 Å². The number of primary amides is 1. The molecule has 1 aliphatic rings. The summed E-state index contributed by atoms with van der Waals surface area (Å²) in [7, 11) is 0. The Hall–Kier alpha value is -3.88. The quantitative estimate of drug-likeness (QED) is 0.362. The van der Waals surface area contributed by atoms with Crippen LogP contribution in [0.3, 0.4) is 0 Å². The summed E-state index contributed by atoms with van der Waals surface area (Å²) < 4.78 is 0. The van der Waals surface area contributed by atoms with Crippen LogP contribution in [-0.2, 0) is 5.54 Å². The van der Waals surface area contributed by atoms with Crippen LogP contribution in [-0.4, -0.2) is 45.4 Å². The molecule has 1 atom stereocenters. The van der Waals surface area contributed by atoms with Gasteiger partial charge in [-0.25, -0.2) is 15.0 Å². The number of pyridine rings is 1. The molecular weight excluding hydrogens is 438 g/mol. The zero-order valence-corrected chi connectivity index (χ0v) is 19.5. The maximum absolute atomic E-state index is 12.1. The lowest BCUT2D eigenvalue weighted by atomic mass is 9.82. The largest absolute Gasteiger partial charge is 0.366 e. The fourth-order valence-corrected chi connectivity index (χ4v) is 4.84. The van der Waals surface area contributed by atoms with E-state index < -0.39 is 11.4 Å². The molecule has 0 aliphatic carbocycles. The molecule has 8 heteroatoms. The van der Waals surface area contributed by atoms with Gasteiger partial charge in [0.15, 0.2) is 0 Å². The SMILES string of the molecule is NC(=O)c1cccc2c(C(N)(CCN3CCCC3)c3cccc(Nc4ccccn4)c3)ncnc12. The molecule has 8 nitrogen and oxygen atoms in total. The van der Waals surface area contributed by atoms with E-state index >= 15 is 0 Å². The van der Waals surface area contributed by atoms with Gasteiger partial charge < -0.3 is 21.7 Å². The van der Waals surface area contributed by atoms with Crippen LogP contribution in [0.2, 0.25) is 0 Å². The van der Waals surface area contributed by atoms with Crippen molar-refractivity contribution in [1.29, 1.82) is 0 Å². The molecule has 178 valence electrons. The van der Waals surface area contributed by atoms with Crippen LogP contribution in [0.15, 0.2) is 73.2 Å². The number of anilines is 2. The van der Waals surface area contributed by atoms with Crippen molar-refractivity contribution in [2.75, 3.05) is 25.0 Å². The second-order valence-electron chi connectivity index (χ2n) is 8.98. The number of benzene rings is 2. The van der Waals surface area contributed by atoms with Crippen molar-refractivity contribution in [2.45, 2.75) is 24.8 Å². The number of nitrogens with one attached hydrogen (secondary N) is 1. The van der Waals surface area contributed by atoms with E-state index in [1.807, 2.05) is 48.5 Å². The molecule has 35 heavy (non-hydrogen) atoms. The minimum atomic E-state index is -0.915. The normalized spacial score (nSPS) is 15.7. The van der Waals surface area contributed by atoms with Crippen LogP contribution in [0, 0.1) is 0 Å². The summed E-state index contributed by atoms with van der Waals surface area (Å²) in [5.41, 5.74) is 15.4. The minimum absolute atomic E-state index is 0.360. The minimum Gasteiger partial charge on any atom is -0.366 e. The maximum Gasteiger partial charge on any atom is 0.250 e. The number of fused-ring (bicyclic) bond motifs is 1. The highest BCUT2D eigenvalue weighted by Crippen LogP contribution is 2.36. The first-order valence-electron chi connectivity index (χ1n) is 11.9. The Labute approximate surface area is 204 Å². The number of amides is 1. The van der Waals surface area contributed by atoms with Gasteiger partial charge in [-0.2, -0.15) is 0 Å². The first-order chi connectivity index (χ1) is 17.0. The Morgan fingerprint density at radius 1 is 1.00 bits per heavy atom. The van der Waals surface area contributed by atoms with Crippen molar-refractivity contribution < 1.29 is 4.79 Å². The Bertz CT molecular complexity index is 1340. The predicted octanol–water partition coefficient (Wildman–Crippen LogP) is 3.56. The average molecular weight is 468 g/mol. The summed E-state index contributed by atoms with van der Waals surface area (Å²) in [4.78, 5) is 27.9. The van der Waals surface area contributed by atoms with Crippen molar-refractivity contribution in [3.8, 4) is 0 Å². The number of carbonyl (C=O) groups is 1. The molecular formula is C27H29N7O. The van der Waals surface area contributed by atoms with Crippen molar-refractivity contribution in [3.63, 3.8) is 0 Å². The Morgan fingerprint density at radius 2 is 1.83 bits per heavy atom. The van der Waals surface area contributed by atoms with Crippen LogP contribution in [0.5, 0.6) is 0 Å². The monoisotopic (exact) mass is 467 g/mol. The zero-order chi connectivity index (χ0) is 24.3. The average Bonchev–Trinajstić information content (AvgIpc) is 3.41. The number of nitrogens with zero attached hydrogens (tertiary/aromatic N) is 4. The van der Waals surface area contributed by atoms with Crippen molar-refractivity contribution >= 4 is 28.3 Å². The molecule has 1 saturated heterocycles. The summed E-state index contributed by atoms with van der Waals surface area (Å²) in [6, 6.07) is 19.2. The van der Waals surface area contributed by atoms with Crippen LogP contribution < -0.4 is 16.8 Å². The first-order valence-corrected chi connectivity index (χ1v) is 11.9. The van der Waals surface area contributed by atoms with Crippen LogP contribution in [0.4, 0.5) is 11.5 Å². The maximum atomic E-state index is 12.1. The van der Waals surface area contributed by atoms with Gasteiger partial charge in [-0.3, -0.25) is 4.79 Å². The third-order valence-corrected chi connectivity index (χ3v) is 6.69. The van der Waals surface area contributed by atoms with E-state index in [0.29, 0.717) is 23.2 Å². The topological polar surface area (TPSA) is 123 Å². The van der Waals surface area contributed by atoms with Gasteiger partial charge in [-0.1, -0.05) is 30.3 Å². The predicted molar refractivity (Wildman–Crippen MR) is 137 cm³/mol. The van der Waals surface area contributed by atoms with Gasteiger partial charge in [0.2, 0.25) is 0 Å². The number of para-hydroxylation sites is 1. The Kier molecular flexibility index (Phi) is 6.39. The third-order valence-electron chi connectivity index (χ3n) is 6.69. The lowest BCUT2D eigenvalue weighted by Gasteiger charge is -2.33. The standard InChI is InChI=1S/C27H29N7O/c28-26(35)22-10-6-9-21-24(22)31-18-32-25(21)27(29,12-16-34-14-3-4-15-34)19-7-5-8-20(17-19)33-23-11-1-2-13-30-23/h1-2,5-11,13,17-18H,3-4,12,14-16,29H2,(H2,28,35)(H,30,33). The highest BCUT2D eigenvalue weighted by molar-refractivity contribution is 6.05. The van der Waals surface area contributed by atoms with E-state index in [2.05, 4.69) is 25.2 Å². The molecule has 0 radical (unpaired) electrons. The first kappa shape index (κ1) is 22.9. The summed E-state index contributed by atoms with van der Waals surface area (Å²) in [5, 5.41) is 4.09. The van der Waals surface area contributed by atoms with Gasteiger partial charge in [-0.05, 0) is 68.2 Å². The molecule has 2 aromatic carbocycles. The number of rotatable bonds is 8. The lowest BCUT2D eigenvalue weighted by molar-refractivity contribution is 0.100. The number of aromatic nitrogens is 3. The van der Waals surface area contributed by atoms with Gasteiger partial charge >= 0.3 is 0 Å². The molecule has 0 spiro atoms. The molecule has 0 saturated carbocycles. The van der Waals surface area contributed by atoms with Crippen molar-refractivity contribution in [2.24, 2.45) is 11.5 Å². The Balaban J connectivity index is 1.60. The van der Waals surface area contributed by atoms with E-state index in [1.54, 1.807) is 18.3 Å². The molecule has 5 rings (SSSR count). The molecule has 1 aliphatic heterocycles. The molecule has 1 unspecified atom stereocenters. The van der Waals surface area contributed by atoms with Crippen molar-refractivity contribution in [3.05, 3.63) is 90.0 Å².